The van der Waals surface area contributed by atoms with Crippen LogP contribution < -0.4 is 15.0 Å². The quantitative estimate of drug-likeness (QED) is 0.463. The third-order valence-electron chi connectivity index (χ3n) is 5.75. The van der Waals surface area contributed by atoms with Gasteiger partial charge in [-0.25, -0.2) is 4.39 Å². The number of carbonyl (C=O) groups is 1. The van der Waals surface area contributed by atoms with Gasteiger partial charge < -0.3 is 19.4 Å². The van der Waals surface area contributed by atoms with Crippen molar-refractivity contribution in [3.05, 3.63) is 70.6 Å². The highest BCUT2D eigenvalue weighted by atomic mass is 35.5. The SMILES string of the molecule is COc1ccccc1N1CCN(CCCNC(=O)c2nnc(Cc3ccc(F)cc3Cl)o2)CC1. The predicted octanol–water partition coefficient (Wildman–Crippen LogP) is 3.40. The number of hydrogen-bond acceptors (Lipinski definition) is 7. The average molecular weight is 488 g/mol. The summed E-state index contributed by atoms with van der Waals surface area (Å²) in [6.07, 6.45) is 1.03. The van der Waals surface area contributed by atoms with Gasteiger partial charge in [-0.3, -0.25) is 9.69 Å². The lowest BCUT2D eigenvalue weighted by Gasteiger charge is -2.36. The van der Waals surface area contributed by atoms with E-state index in [0.29, 0.717) is 12.1 Å². The molecule has 0 aliphatic carbocycles. The Hall–Kier alpha value is -3.17. The molecule has 0 unspecified atom stereocenters. The van der Waals surface area contributed by atoms with Gasteiger partial charge in [0.1, 0.15) is 11.6 Å². The van der Waals surface area contributed by atoms with Crippen molar-refractivity contribution in [3.63, 3.8) is 0 Å². The Morgan fingerprint density at radius 1 is 1.18 bits per heavy atom. The second-order valence-corrected chi connectivity index (χ2v) is 8.43. The summed E-state index contributed by atoms with van der Waals surface area (Å²) in [6, 6.07) is 12.1. The fourth-order valence-electron chi connectivity index (χ4n) is 3.93. The lowest BCUT2D eigenvalue weighted by Crippen LogP contribution is -2.47. The number of ether oxygens (including phenoxy) is 1. The standard InChI is InChI=1S/C24H27ClFN5O3/c1-33-21-6-3-2-5-20(21)31-13-11-30(12-14-31)10-4-9-27-23(32)24-29-28-22(34-24)15-17-7-8-18(26)16-19(17)25/h2-3,5-8,16H,4,9-15H2,1H3,(H,27,32). The summed E-state index contributed by atoms with van der Waals surface area (Å²) in [5, 5.41) is 10.8. The number of methoxy groups -OCH3 is 1. The Bertz CT molecular complexity index is 1120. The Kier molecular flexibility index (Phi) is 7.97. The molecule has 1 N–H and O–H groups in total. The van der Waals surface area contributed by atoms with Crippen LogP contribution in [0.15, 0.2) is 46.9 Å². The first-order valence-electron chi connectivity index (χ1n) is 11.2. The zero-order chi connectivity index (χ0) is 23.9. The highest BCUT2D eigenvalue weighted by Gasteiger charge is 2.20. The highest BCUT2D eigenvalue weighted by molar-refractivity contribution is 6.31. The third kappa shape index (κ3) is 6.03. The maximum atomic E-state index is 13.2. The second-order valence-electron chi connectivity index (χ2n) is 8.02. The number of carbonyl (C=O) groups excluding carboxylic acids is 1. The van der Waals surface area contributed by atoms with Gasteiger partial charge in [-0.15, -0.1) is 10.2 Å². The van der Waals surface area contributed by atoms with Gasteiger partial charge in [0.25, 0.3) is 0 Å². The van der Waals surface area contributed by atoms with E-state index in [9.17, 15) is 9.18 Å². The highest BCUT2D eigenvalue weighted by Crippen LogP contribution is 2.28. The molecule has 0 spiro atoms. The van der Waals surface area contributed by atoms with E-state index >= 15 is 0 Å². The van der Waals surface area contributed by atoms with Crippen LogP contribution in [0.1, 0.15) is 28.6 Å². The average Bonchev–Trinajstić information content (AvgIpc) is 3.32. The molecular formula is C24H27ClFN5O3. The molecule has 1 aromatic heterocycles. The molecule has 180 valence electrons. The molecule has 0 saturated carbocycles. The van der Waals surface area contributed by atoms with Crippen molar-refractivity contribution < 1.29 is 18.3 Å². The number of halogens is 2. The van der Waals surface area contributed by atoms with Gasteiger partial charge in [0, 0.05) is 37.7 Å². The molecule has 1 amide bonds. The normalized spacial score (nSPS) is 14.3. The number of benzene rings is 2. The molecule has 1 saturated heterocycles. The molecule has 34 heavy (non-hydrogen) atoms. The Balaban J connectivity index is 1.17. The van der Waals surface area contributed by atoms with Crippen molar-refractivity contribution in [2.45, 2.75) is 12.8 Å². The number of para-hydroxylation sites is 2. The predicted molar refractivity (Wildman–Crippen MR) is 127 cm³/mol. The van der Waals surface area contributed by atoms with Crippen LogP contribution in [-0.2, 0) is 6.42 Å². The molecule has 0 bridgehead atoms. The number of aromatic nitrogens is 2. The van der Waals surface area contributed by atoms with Crippen LogP contribution in [0.2, 0.25) is 5.02 Å². The van der Waals surface area contributed by atoms with E-state index in [4.69, 9.17) is 20.8 Å². The summed E-state index contributed by atoms with van der Waals surface area (Å²) in [7, 11) is 1.69. The summed E-state index contributed by atoms with van der Waals surface area (Å²) >= 11 is 6.03. The van der Waals surface area contributed by atoms with Crippen LogP contribution in [0.5, 0.6) is 5.75 Å². The van der Waals surface area contributed by atoms with E-state index < -0.39 is 11.7 Å². The number of hydrogen-bond donors (Lipinski definition) is 1. The number of nitrogens with one attached hydrogen (secondary N) is 1. The van der Waals surface area contributed by atoms with E-state index in [2.05, 4.69) is 31.4 Å². The topological polar surface area (TPSA) is 83.7 Å². The molecule has 1 aliphatic rings. The van der Waals surface area contributed by atoms with Crippen molar-refractivity contribution in [3.8, 4) is 5.75 Å². The summed E-state index contributed by atoms with van der Waals surface area (Å²) in [5.74, 6) is 0.205. The van der Waals surface area contributed by atoms with E-state index in [0.717, 1.165) is 50.6 Å². The fourth-order valence-corrected chi connectivity index (χ4v) is 4.16. The summed E-state index contributed by atoms with van der Waals surface area (Å²) in [6.45, 7) is 5.15. The van der Waals surface area contributed by atoms with Gasteiger partial charge in [-0.1, -0.05) is 29.8 Å². The number of nitrogens with zero attached hydrogens (tertiary/aromatic N) is 4. The van der Waals surface area contributed by atoms with Gasteiger partial charge >= 0.3 is 11.8 Å². The minimum atomic E-state index is -0.419. The third-order valence-corrected chi connectivity index (χ3v) is 6.10. The maximum absolute atomic E-state index is 13.2. The molecule has 2 aromatic carbocycles. The molecule has 8 nitrogen and oxygen atoms in total. The first-order chi connectivity index (χ1) is 16.5. The zero-order valence-electron chi connectivity index (χ0n) is 19.0. The van der Waals surface area contributed by atoms with E-state index in [1.807, 2.05) is 18.2 Å². The summed E-state index contributed by atoms with van der Waals surface area (Å²) in [4.78, 5) is 17.0. The Morgan fingerprint density at radius 2 is 1.97 bits per heavy atom. The molecular weight excluding hydrogens is 461 g/mol. The zero-order valence-corrected chi connectivity index (χ0v) is 19.7. The van der Waals surface area contributed by atoms with Crippen LogP contribution in [0.25, 0.3) is 0 Å². The van der Waals surface area contributed by atoms with Crippen LogP contribution >= 0.6 is 11.6 Å². The van der Waals surface area contributed by atoms with E-state index in [1.165, 1.54) is 12.1 Å². The Morgan fingerprint density at radius 3 is 2.74 bits per heavy atom. The van der Waals surface area contributed by atoms with E-state index in [-0.39, 0.29) is 23.2 Å². The number of piperazine rings is 1. The number of anilines is 1. The smallest absolute Gasteiger partial charge is 0.308 e. The molecule has 4 rings (SSSR count). The van der Waals surface area contributed by atoms with Gasteiger partial charge in [0.2, 0.25) is 5.89 Å². The summed E-state index contributed by atoms with van der Waals surface area (Å²) in [5.41, 5.74) is 1.77. The number of amides is 1. The fraction of sp³-hybridized carbons (Fsp3) is 0.375. The van der Waals surface area contributed by atoms with Crippen LogP contribution in [-0.4, -0.2) is 67.4 Å². The van der Waals surface area contributed by atoms with E-state index in [1.54, 1.807) is 13.2 Å². The minimum Gasteiger partial charge on any atom is -0.495 e. The van der Waals surface area contributed by atoms with Crippen LogP contribution in [0, 0.1) is 5.82 Å². The van der Waals surface area contributed by atoms with Crippen LogP contribution in [0.4, 0.5) is 10.1 Å². The molecule has 1 aliphatic heterocycles. The molecule has 2 heterocycles. The summed E-state index contributed by atoms with van der Waals surface area (Å²) < 4.78 is 24.1. The van der Waals surface area contributed by atoms with Gasteiger partial charge in [0.15, 0.2) is 0 Å². The molecule has 1 fully saturated rings. The van der Waals surface area contributed by atoms with Crippen molar-refractivity contribution in [2.75, 3.05) is 51.3 Å². The molecule has 3 aromatic rings. The molecule has 0 radical (unpaired) electrons. The van der Waals surface area contributed by atoms with Crippen molar-refractivity contribution >= 4 is 23.2 Å². The first-order valence-corrected chi connectivity index (χ1v) is 11.6. The van der Waals surface area contributed by atoms with Crippen LogP contribution in [0.3, 0.4) is 0 Å². The second kappa shape index (κ2) is 11.3. The van der Waals surface area contributed by atoms with Gasteiger partial charge in [-0.2, -0.15) is 0 Å². The largest absolute Gasteiger partial charge is 0.495 e. The number of rotatable bonds is 9. The molecule has 10 heteroatoms. The monoisotopic (exact) mass is 487 g/mol. The molecule has 0 atom stereocenters. The van der Waals surface area contributed by atoms with Crippen molar-refractivity contribution in [1.82, 2.24) is 20.4 Å². The lowest BCUT2D eigenvalue weighted by atomic mass is 10.1. The lowest BCUT2D eigenvalue weighted by molar-refractivity contribution is 0.0915. The Labute approximate surface area is 202 Å². The van der Waals surface area contributed by atoms with Crippen molar-refractivity contribution in [2.24, 2.45) is 0 Å². The van der Waals surface area contributed by atoms with Gasteiger partial charge in [0.05, 0.1) is 19.2 Å². The van der Waals surface area contributed by atoms with Crippen molar-refractivity contribution in [1.29, 1.82) is 0 Å². The van der Waals surface area contributed by atoms with Gasteiger partial charge in [-0.05, 0) is 42.8 Å². The first kappa shape index (κ1) is 24.0. The maximum Gasteiger partial charge on any atom is 0.308 e. The minimum absolute atomic E-state index is 0.0985.